The SMILES string of the molecule is CCn1nc(-c2n[nH]c(=S)s2)cc1C. The van der Waals surface area contributed by atoms with Gasteiger partial charge in [0.2, 0.25) is 0 Å². The highest BCUT2D eigenvalue weighted by Crippen LogP contribution is 2.20. The van der Waals surface area contributed by atoms with E-state index in [9.17, 15) is 0 Å². The smallest absolute Gasteiger partial charge is 0.176 e. The van der Waals surface area contributed by atoms with Crippen LogP contribution in [0.2, 0.25) is 0 Å². The van der Waals surface area contributed by atoms with E-state index in [1.807, 2.05) is 17.7 Å². The van der Waals surface area contributed by atoms with Gasteiger partial charge in [-0.3, -0.25) is 9.78 Å². The van der Waals surface area contributed by atoms with Crippen LogP contribution < -0.4 is 0 Å². The Morgan fingerprint density at radius 3 is 2.93 bits per heavy atom. The Morgan fingerprint density at radius 1 is 1.64 bits per heavy atom. The standard InChI is InChI=1S/C8H10N4S2/c1-3-12-5(2)4-6(11-12)7-9-10-8(13)14-7/h4H,3H2,1-2H3,(H,10,13). The van der Waals surface area contributed by atoms with Crippen LogP contribution in [-0.4, -0.2) is 20.0 Å². The second kappa shape index (κ2) is 3.62. The molecule has 0 saturated carbocycles. The Kier molecular flexibility index (Phi) is 2.47. The van der Waals surface area contributed by atoms with Crippen molar-refractivity contribution in [3.05, 3.63) is 15.7 Å². The summed E-state index contributed by atoms with van der Waals surface area (Å²) in [5, 5.41) is 12.1. The van der Waals surface area contributed by atoms with E-state index in [0.29, 0.717) is 3.95 Å². The maximum absolute atomic E-state index is 4.97. The summed E-state index contributed by atoms with van der Waals surface area (Å²) in [6.07, 6.45) is 0. The van der Waals surface area contributed by atoms with Crippen LogP contribution in [0.4, 0.5) is 0 Å². The summed E-state index contributed by atoms with van der Waals surface area (Å²) >= 11 is 6.41. The average Bonchev–Trinajstić information content (AvgIpc) is 2.71. The topological polar surface area (TPSA) is 46.5 Å². The molecule has 6 heteroatoms. The van der Waals surface area contributed by atoms with Gasteiger partial charge in [0.1, 0.15) is 5.69 Å². The maximum atomic E-state index is 4.97. The van der Waals surface area contributed by atoms with E-state index in [-0.39, 0.29) is 0 Å². The van der Waals surface area contributed by atoms with Gasteiger partial charge in [-0.2, -0.15) is 10.2 Å². The van der Waals surface area contributed by atoms with Gasteiger partial charge in [-0.05, 0) is 32.1 Å². The zero-order valence-corrected chi connectivity index (χ0v) is 9.58. The highest BCUT2D eigenvalue weighted by atomic mass is 32.1. The summed E-state index contributed by atoms with van der Waals surface area (Å²) in [6, 6.07) is 2.02. The molecule has 0 unspecified atom stereocenters. The molecule has 4 nitrogen and oxygen atoms in total. The molecule has 0 spiro atoms. The highest BCUT2D eigenvalue weighted by Gasteiger charge is 2.08. The van der Waals surface area contributed by atoms with Crippen molar-refractivity contribution in [2.75, 3.05) is 0 Å². The fourth-order valence-corrected chi connectivity index (χ4v) is 2.12. The second-order valence-electron chi connectivity index (χ2n) is 2.91. The Labute approximate surface area is 90.6 Å². The molecule has 2 aromatic rings. The number of rotatable bonds is 2. The normalized spacial score (nSPS) is 10.7. The van der Waals surface area contributed by atoms with Crippen molar-refractivity contribution in [1.82, 2.24) is 20.0 Å². The molecule has 0 aliphatic carbocycles. The van der Waals surface area contributed by atoms with E-state index >= 15 is 0 Å². The molecule has 2 rings (SSSR count). The number of aromatic amines is 1. The van der Waals surface area contributed by atoms with Crippen LogP contribution in [0.25, 0.3) is 10.7 Å². The Bertz CT molecular complexity index is 493. The van der Waals surface area contributed by atoms with Gasteiger partial charge in [-0.15, -0.1) is 0 Å². The van der Waals surface area contributed by atoms with Crippen molar-refractivity contribution in [3.63, 3.8) is 0 Å². The second-order valence-corrected chi connectivity index (χ2v) is 4.57. The number of hydrogen-bond acceptors (Lipinski definition) is 4. The maximum Gasteiger partial charge on any atom is 0.176 e. The molecule has 0 radical (unpaired) electrons. The molecule has 2 aromatic heterocycles. The van der Waals surface area contributed by atoms with E-state index < -0.39 is 0 Å². The summed E-state index contributed by atoms with van der Waals surface area (Å²) in [5.74, 6) is 0. The van der Waals surface area contributed by atoms with Crippen LogP contribution in [0.3, 0.4) is 0 Å². The predicted molar refractivity (Wildman–Crippen MR) is 58.9 cm³/mol. The first-order valence-corrected chi connectivity index (χ1v) is 5.53. The lowest BCUT2D eigenvalue weighted by atomic mass is 10.4. The number of aryl methyl sites for hydroxylation is 2. The van der Waals surface area contributed by atoms with E-state index in [0.717, 1.165) is 22.9 Å². The lowest BCUT2D eigenvalue weighted by molar-refractivity contribution is 0.641. The van der Waals surface area contributed by atoms with E-state index in [1.54, 1.807) is 0 Å². The lowest BCUT2D eigenvalue weighted by Crippen LogP contribution is -1.98. The van der Waals surface area contributed by atoms with Crippen molar-refractivity contribution in [1.29, 1.82) is 0 Å². The van der Waals surface area contributed by atoms with Gasteiger partial charge in [0.05, 0.1) is 0 Å². The van der Waals surface area contributed by atoms with Crippen LogP contribution >= 0.6 is 23.6 Å². The molecule has 0 aromatic carbocycles. The third-order valence-electron chi connectivity index (χ3n) is 1.94. The Morgan fingerprint density at radius 2 is 2.43 bits per heavy atom. The minimum absolute atomic E-state index is 0.684. The molecule has 0 aliphatic rings. The number of nitrogens with zero attached hydrogens (tertiary/aromatic N) is 3. The van der Waals surface area contributed by atoms with Crippen molar-refractivity contribution in [3.8, 4) is 10.7 Å². The predicted octanol–water partition coefficient (Wildman–Crippen LogP) is 2.39. The number of nitrogens with one attached hydrogen (secondary N) is 1. The molecule has 0 atom stereocenters. The molecular formula is C8H10N4S2. The van der Waals surface area contributed by atoms with E-state index in [4.69, 9.17) is 12.2 Å². The fourth-order valence-electron chi connectivity index (χ4n) is 1.27. The lowest BCUT2D eigenvalue weighted by Gasteiger charge is -1.95. The van der Waals surface area contributed by atoms with Gasteiger partial charge in [-0.1, -0.05) is 11.3 Å². The van der Waals surface area contributed by atoms with Crippen molar-refractivity contribution >= 4 is 23.6 Å². The molecule has 74 valence electrons. The minimum Gasteiger partial charge on any atom is -0.269 e. The molecule has 0 fully saturated rings. The third-order valence-corrected chi connectivity index (χ3v) is 3.05. The number of hydrogen-bond donors (Lipinski definition) is 1. The van der Waals surface area contributed by atoms with Crippen molar-refractivity contribution < 1.29 is 0 Å². The largest absolute Gasteiger partial charge is 0.269 e. The summed E-state index contributed by atoms with van der Waals surface area (Å²) < 4.78 is 2.63. The van der Waals surface area contributed by atoms with Crippen LogP contribution in [-0.2, 0) is 6.54 Å². The molecule has 2 heterocycles. The van der Waals surface area contributed by atoms with Gasteiger partial charge in [-0.25, -0.2) is 0 Å². The zero-order chi connectivity index (χ0) is 10.1. The third kappa shape index (κ3) is 1.62. The number of H-pyrrole nitrogens is 1. The first-order valence-electron chi connectivity index (χ1n) is 4.31. The van der Waals surface area contributed by atoms with Crippen LogP contribution in [0.1, 0.15) is 12.6 Å². The van der Waals surface area contributed by atoms with Gasteiger partial charge in [0.25, 0.3) is 0 Å². The molecule has 1 N–H and O–H groups in total. The van der Waals surface area contributed by atoms with Crippen LogP contribution in [0.5, 0.6) is 0 Å². The Balaban J connectivity index is 2.47. The van der Waals surface area contributed by atoms with Gasteiger partial charge in [0.15, 0.2) is 8.96 Å². The number of aromatic nitrogens is 4. The van der Waals surface area contributed by atoms with E-state index in [1.165, 1.54) is 11.3 Å². The quantitative estimate of drug-likeness (QED) is 0.800. The van der Waals surface area contributed by atoms with Gasteiger partial charge in [0, 0.05) is 12.2 Å². The molecule has 0 saturated heterocycles. The first kappa shape index (κ1) is 9.54. The van der Waals surface area contributed by atoms with E-state index in [2.05, 4.69) is 22.2 Å². The van der Waals surface area contributed by atoms with Crippen LogP contribution in [0, 0.1) is 10.9 Å². The van der Waals surface area contributed by atoms with Crippen molar-refractivity contribution in [2.45, 2.75) is 20.4 Å². The summed E-state index contributed by atoms with van der Waals surface area (Å²) in [6.45, 7) is 4.98. The monoisotopic (exact) mass is 226 g/mol. The van der Waals surface area contributed by atoms with Gasteiger partial charge < -0.3 is 0 Å². The summed E-state index contributed by atoms with van der Waals surface area (Å²) in [7, 11) is 0. The summed E-state index contributed by atoms with van der Waals surface area (Å²) in [4.78, 5) is 0. The van der Waals surface area contributed by atoms with Crippen molar-refractivity contribution in [2.24, 2.45) is 0 Å². The van der Waals surface area contributed by atoms with Gasteiger partial charge >= 0.3 is 0 Å². The fraction of sp³-hybridized carbons (Fsp3) is 0.375. The Hall–Kier alpha value is -1.01. The molecule has 0 bridgehead atoms. The minimum atomic E-state index is 0.684. The first-order chi connectivity index (χ1) is 6.70. The molecule has 0 amide bonds. The van der Waals surface area contributed by atoms with Crippen LogP contribution in [0.15, 0.2) is 6.07 Å². The molecule has 14 heavy (non-hydrogen) atoms. The zero-order valence-electron chi connectivity index (χ0n) is 7.94. The molecular weight excluding hydrogens is 216 g/mol. The summed E-state index contributed by atoms with van der Waals surface area (Å²) in [5.41, 5.74) is 2.03. The molecule has 0 aliphatic heterocycles. The highest BCUT2D eigenvalue weighted by molar-refractivity contribution is 7.73. The average molecular weight is 226 g/mol.